The van der Waals surface area contributed by atoms with Gasteiger partial charge in [0.15, 0.2) is 11.5 Å². The van der Waals surface area contributed by atoms with Gasteiger partial charge in [0.2, 0.25) is 0 Å². The number of ether oxygens (including phenoxy) is 3. The van der Waals surface area contributed by atoms with Crippen LogP contribution in [0.5, 0.6) is 17.2 Å². The predicted octanol–water partition coefficient (Wildman–Crippen LogP) is 4.56. The molecule has 2 N–H and O–H groups in total. The summed E-state index contributed by atoms with van der Waals surface area (Å²) in [6, 6.07) is 11.6. The number of carbonyl (C=O) groups excluding carboxylic acids is 1. The molecule has 7 heteroatoms. The SMILES string of the molecule is CCCCCOc1cc(N2CCCN(Cc3ccc(CN)cc3OC)C2=O)ccc1OC. The Labute approximate surface area is 191 Å². The molecule has 174 valence electrons. The van der Waals surface area contributed by atoms with Crippen molar-refractivity contribution in [3.8, 4) is 17.2 Å². The van der Waals surface area contributed by atoms with Crippen molar-refractivity contribution in [2.45, 2.75) is 45.7 Å². The second kappa shape index (κ2) is 11.6. The van der Waals surface area contributed by atoms with Gasteiger partial charge in [-0.1, -0.05) is 31.9 Å². The normalized spacial score (nSPS) is 13.9. The fraction of sp³-hybridized carbons (Fsp3) is 0.480. The Morgan fingerprint density at radius 3 is 2.50 bits per heavy atom. The second-order valence-corrected chi connectivity index (χ2v) is 7.95. The number of unbranched alkanes of at least 4 members (excludes halogenated alkanes) is 2. The molecule has 3 rings (SSSR count). The van der Waals surface area contributed by atoms with Crippen molar-refractivity contribution in [1.29, 1.82) is 0 Å². The van der Waals surface area contributed by atoms with Crippen LogP contribution in [0.3, 0.4) is 0 Å². The molecule has 1 aliphatic heterocycles. The Morgan fingerprint density at radius 2 is 1.78 bits per heavy atom. The third-order valence-corrected chi connectivity index (χ3v) is 5.72. The number of methoxy groups -OCH3 is 2. The molecule has 0 atom stereocenters. The van der Waals surface area contributed by atoms with Crippen LogP contribution in [0.1, 0.15) is 43.7 Å². The van der Waals surface area contributed by atoms with E-state index in [-0.39, 0.29) is 6.03 Å². The van der Waals surface area contributed by atoms with E-state index in [2.05, 4.69) is 6.92 Å². The summed E-state index contributed by atoms with van der Waals surface area (Å²) in [5.74, 6) is 2.10. The number of nitrogens with two attached hydrogens (primary N) is 1. The number of hydrogen-bond donors (Lipinski definition) is 1. The van der Waals surface area contributed by atoms with Crippen LogP contribution in [0.15, 0.2) is 36.4 Å². The van der Waals surface area contributed by atoms with Crippen LogP contribution >= 0.6 is 0 Å². The predicted molar refractivity (Wildman–Crippen MR) is 127 cm³/mol. The van der Waals surface area contributed by atoms with Gasteiger partial charge in [-0.25, -0.2) is 4.79 Å². The molecule has 0 unspecified atom stereocenters. The van der Waals surface area contributed by atoms with Gasteiger partial charge >= 0.3 is 6.03 Å². The largest absolute Gasteiger partial charge is 0.496 e. The zero-order valence-corrected chi connectivity index (χ0v) is 19.4. The van der Waals surface area contributed by atoms with E-state index in [0.717, 1.165) is 48.2 Å². The van der Waals surface area contributed by atoms with E-state index in [1.54, 1.807) is 14.2 Å². The first-order valence-corrected chi connectivity index (χ1v) is 11.3. The molecule has 1 aliphatic rings. The van der Waals surface area contributed by atoms with E-state index in [9.17, 15) is 4.79 Å². The van der Waals surface area contributed by atoms with Crippen molar-refractivity contribution in [2.75, 3.05) is 38.8 Å². The number of rotatable bonds is 11. The average Bonchev–Trinajstić information content (AvgIpc) is 2.83. The van der Waals surface area contributed by atoms with Crippen LogP contribution in [0.4, 0.5) is 10.5 Å². The number of carbonyl (C=O) groups is 1. The highest BCUT2D eigenvalue weighted by Gasteiger charge is 2.28. The molecular weight excluding hydrogens is 406 g/mol. The quantitative estimate of drug-likeness (QED) is 0.517. The monoisotopic (exact) mass is 441 g/mol. The molecule has 0 aliphatic carbocycles. The first-order chi connectivity index (χ1) is 15.6. The molecule has 0 aromatic heterocycles. The average molecular weight is 442 g/mol. The third-order valence-electron chi connectivity index (χ3n) is 5.72. The maximum atomic E-state index is 13.3. The minimum Gasteiger partial charge on any atom is -0.496 e. The van der Waals surface area contributed by atoms with Crippen molar-refractivity contribution in [3.05, 3.63) is 47.5 Å². The summed E-state index contributed by atoms with van der Waals surface area (Å²) in [5.41, 5.74) is 8.53. The topological polar surface area (TPSA) is 77.3 Å². The summed E-state index contributed by atoms with van der Waals surface area (Å²) >= 11 is 0. The first-order valence-electron chi connectivity index (χ1n) is 11.3. The summed E-state index contributed by atoms with van der Waals surface area (Å²) in [6.07, 6.45) is 4.13. The fourth-order valence-electron chi connectivity index (χ4n) is 3.90. The molecule has 0 bridgehead atoms. The standard InChI is InChI=1S/C25H35N3O4/c1-4-5-6-14-32-24-16-21(10-11-22(24)30-2)28-13-7-12-27(25(28)29)18-20-9-8-19(17-26)15-23(20)31-3/h8-11,15-16H,4-7,12-14,17-18,26H2,1-3H3. The van der Waals surface area contributed by atoms with Gasteiger partial charge in [-0.3, -0.25) is 4.90 Å². The first kappa shape index (κ1) is 23.7. The molecule has 0 saturated carbocycles. The van der Waals surface area contributed by atoms with Crippen LogP contribution in [-0.4, -0.2) is 44.8 Å². The summed E-state index contributed by atoms with van der Waals surface area (Å²) in [4.78, 5) is 17.0. The minimum atomic E-state index is -0.0247. The highest BCUT2D eigenvalue weighted by atomic mass is 16.5. The number of hydrogen-bond acceptors (Lipinski definition) is 5. The van der Waals surface area contributed by atoms with Crippen molar-refractivity contribution in [3.63, 3.8) is 0 Å². The van der Waals surface area contributed by atoms with E-state index in [4.69, 9.17) is 19.9 Å². The maximum Gasteiger partial charge on any atom is 0.324 e. The smallest absolute Gasteiger partial charge is 0.324 e. The third kappa shape index (κ3) is 5.65. The molecule has 2 amide bonds. The lowest BCUT2D eigenvalue weighted by molar-refractivity contribution is 0.191. The highest BCUT2D eigenvalue weighted by Crippen LogP contribution is 2.34. The van der Waals surface area contributed by atoms with Gasteiger partial charge in [0.25, 0.3) is 0 Å². The summed E-state index contributed by atoms with van der Waals surface area (Å²) in [7, 11) is 3.27. The molecular formula is C25H35N3O4. The molecule has 2 aromatic rings. The van der Waals surface area contributed by atoms with Crippen molar-refractivity contribution < 1.29 is 19.0 Å². The van der Waals surface area contributed by atoms with Gasteiger partial charge in [-0.05, 0) is 36.6 Å². The molecule has 1 fully saturated rings. The Bertz CT molecular complexity index is 903. The molecule has 2 aromatic carbocycles. The molecule has 1 heterocycles. The zero-order chi connectivity index (χ0) is 22.9. The molecule has 1 saturated heterocycles. The zero-order valence-electron chi connectivity index (χ0n) is 19.4. The van der Waals surface area contributed by atoms with Gasteiger partial charge in [0.1, 0.15) is 5.75 Å². The van der Waals surface area contributed by atoms with E-state index in [1.165, 1.54) is 0 Å². The van der Waals surface area contributed by atoms with Gasteiger partial charge < -0.3 is 24.8 Å². The molecule has 32 heavy (non-hydrogen) atoms. The van der Waals surface area contributed by atoms with E-state index in [1.807, 2.05) is 46.2 Å². The summed E-state index contributed by atoms with van der Waals surface area (Å²) in [6.45, 7) is 5.10. The Morgan fingerprint density at radius 1 is 0.969 bits per heavy atom. The second-order valence-electron chi connectivity index (χ2n) is 7.95. The maximum absolute atomic E-state index is 13.3. The van der Waals surface area contributed by atoms with Gasteiger partial charge in [-0.15, -0.1) is 0 Å². The number of benzene rings is 2. The van der Waals surface area contributed by atoms with E-state index >= 15 is 0 Å². The lowest BCUT2D eigenvalue weighted by atomic mass is 10.1. The molecule has 7 nitrogen and oxygen atoms in total. The lowest BCUT2D eigenvalue weighted by Gasteiger charge is -2.36. The Hall–Kier alpha value is -2.93. The number of anilines is 1. The summed E-state index contributed by atoms with van der Waals surface area (Å²) < 4.78 is 17.0. The molecule has 0 radical (unpaired) electrons. The van der Waals surface area contributed by atoms with Gasteiger partial charge in [0, 0.05) is 37.0 Å². The van der Waals surface area contributed by atoms with Crippen molar-refractivity contribution in [1.82, 2.24) is 4.90 Å². The van der Waals surface area contributed by atoms with Crippen LogP contribution in [-0.2, 0) is 13.1 Å². The Balaban J connectivity index is 1.76. The van der Waals surface area contributed by atoms with Crippen LogP contribution in [0, 0.1) is 0 Å². The van der Waals surface area contributed by atoms with Crippen LogP contribution < -0.4 is 24.8 Å². The van der Waals surface area contributed by atoms with Crippen LogP contribution in [0.25, 0.3) is 0 Å². The number of urea groups is 1. The number of amides is 2. The highest BCUT2D eigenvalue weighted by molar-refractivity contribution is 5.93. The van der Waals surface area contributed by atoms with Crippen molar-refractivity contribution >= 4 is 11.7 Å². The number of nitrogens with zero attached hydrogens (tertiary/aromatic N) is 2. The van der Waals surface area contributed by atoms with Crippen molar-refractivity contribution in [2.24, 2.45) is 5.73 Å². The lowest BCUT2D eigenvalue weighted by Crippen LogP contribution is -2.49. The molecule has 0 spiro atoms. The van der Waals surface area contributed by atoms with Crippen LogP contribution in [0.2, 0.25) is 0 Å². The van der Waals surface area contributed by atoms with Gasteiger partial charge in [0.05, 0.1) is 27.4 Å². The van der Waals surface area contributed by atoms with E-state index < -0.39 is 0 Å². The van der Waals surface area contributed by atoms with Gasteiger partial charge in [-0.2, -0.15) is 0 Å². The Kier molecular flexibility index (Phi) is 8.62. The summed E-state index contributed by atoms with van der Waals surface area (Å²) in [5, 5.41) is 0. The van der Waals surface area contributed by atoms with E-state index in [0.29, 0.717) is 44.3 Å². The minimum absolute atomic E-state index is 0.0247. The fourth-order valence-corrected chi connectivity index (χ4v) is 3.90.